The van der Waals surface area contributed by atoms with Crippen LogP contribution in [0.3, 0.4) is 0 Å². The van der Waals surface area contributed by atoms with Crippen molar-refractivity contribution in [1.82, 2.24) is 4.98 Å². The van der Waals surface area contributed by atoms with Gasteiger partial charge in [0.25, 0.3) is 0 Å². The first-order valence-corrected chi connectivity index (χ1v) is 6.76. The molecular weight excluding hydrogens is 276 g/mol. The third-order valence-electron chi connectivity index (χ3n) is 2.94. The zero-order valence-corrected chi connectivity index (χ0v) is 12.3. The Morgan fingerprint density at radius 3 is 2.65 bits per heavy atom. The zero-order chi connectivity index (χ0) is 14.5. The van der Waals surface area contributed by atoms with E-state index in [1.807, 2.05) is 18.2 Å². The molecule has 20 heavy (non-hydrogen) atoms. The van der Waals surface area contributed by atoms with E-state index in [1.54, 1.807) is 19.2 Å². The van der Waals surface area contributed by atoms with Crippen molar-refractivity contribution in [1.29, 1.82) is 0 Å². The first kappa shape index (κ1) is 14.6. The fraction of sp³-hybridized carbons (Fsp3) is 0.267. The Balaban J connectivity index is 2.29. The number of methoxy groups -OCH3 is 1. The monoisotopic (exact) mass is 292 g/mol. The van der Waals surface area contributed by atoms with Gasteiger partial charge in [-0.25, -0.2) is 4.98 Å². The molecule has 5 heteroatoms. The summed E-state index contributed by atoms with van der Waals surface area (Å²) in [4.78, 5) is 4.27. The van der Waals surface area contributed by atoms with Gasteiger partial charge in [-0.3, -0.25) is 0 Å². The van der Waals surface area contributed by atoms with E-state index in [0.717, 1.165) is 6.42 Å². The van der Waals surface area contributed by atoms with Crippen molar-refractivity contribution in [2.75, 3.05) is 7.11 Å². The van der Waals surface area contributed by atoms with Crippen molar-refractivity contribution >= 4 is 11.6 Å². The molecule has 0 unspecified atom stereocenters. The molecule has 0 amide bonds. The van der Waals surface area contributed by atoms with Gasteiger partial charge in [0.15, 0.2) is 11.5 Å². The molecule has 106 valence electrons. The Morgan fingerprint density at radius 1 is 1.20 bits per heavy atom. The maximum atomic E-state index is 5.97. The summed E-state index contributed by atoms with van der Waals surface area (Å²) in [5.74, 6) is 1.73. The highest BCUT2D eigenvalue weighted by atomic mass is 35.5. The minimum absolute atomic E-state index is 0.266. The summed E-state index contributed by atoms with van der Waals surface area (Å²) >= 11 is 5.97. The SMILES string of the molecule is CCc1ccc(Oc2ccc(Cl)c(CN)n2)c(OC)c1. The van der Waals surface area contributed by atoms with E-state index in [-0.39, 0.29) is 6.54 Å². The second kappa shape index (κ2) is 6.59. The van der Waals surface area contributed by atoms with E-state index in [0.29, 0.717) is 28.1 Å². The molecule has 0 aliphatic carbocycles. The summed E-state index contributed by atoms with van der Waals surface area (Å²) in [6.45, 7) is 2.35. The van der Waals surface area contributed by atoms with Crippen molar-refractivity contribution in [2.45, 2.75) is 19.9 Å². The van der Waals surface area contributed by atoms with Gasteiger partial charge in [-0.05, 0) is 30.2 Å². The van der Waals surface area contributed by atoms with Gasteiger partial charge in [0.05, 0.1) is 17.8 Å². The predicted octanol–water partition coefficient (Wildman–Crippen LogP) is 3.56. The van der Waals surface area contributed by atoms with Gasteiger partial charge in [-0.2, -0.15) is 0 Å². The molecule has 1 aromatic carbocycles. The number of nitrogens with two attached hydrogens (primary N) is 1. The molecule has 2 N–H and O–H groups in total. The zero-order valence-electron chi connectivity index (χ0n) is 11.5. The summed E-state index contributed by atoms with van der Waals surface area (Å²) in [6, 6.07) is 9.25. The number of aryl methyl sites for hydroxylation is 1. The molecule has 1 aromatic heterocycles. The summed E-state index contributed by atoms with van der Waals surface area (Å²) in [7, 11) is 1.61. The lowest BCUT2D eigenvalue weighted by Crippen LogP contribution is -2.02. The molecule has 0 aliphatic rings. The van der Waals surface area contributed by atoms with Crippen molar-refractivity contribution in [3.05, 3.63) is 46.6 Å². The fourth-order valence-electron chi connectivity index (χ4n) is 1.79. The molecule has 0 aliphatic heterocycles. The smallest absolute Gasteiger partial charge is 0.219 e. The van der Waals surface area contributed by atoms with Crippen LogP contribution in [0, 0.1) is 0 Å². The number of halogens is 1. The topological polar surface area (TPSA) is 57.4 Å². The fourth-order valence-corrected chi connectivity index (χ4v) is 1.98. The lowest BCUT2D eigenvalue weighted by atomic mass is 10.1. The maximum absolute atomic E-state index is 5.97. The highest BCUT2D eigenvalue weighted by Crippen LogP contribution is 2.32. The molecule has 2 aromatic rings. The van der Waals surface area contributed by atoms with Gasteiger partial charge >= 0.3 is 0 Å². The normalized spacial score (nSPS) is 10.4. The molecule has 0 spiro atoms. The molecule has 0 bridgehead atoms. The second-order valence-electron chi connectivity index (χ2n) is 4.22. The average molecular weight is 293 g/mol. The van der Waals surface area contributed by atoms with Gasteiger partial charge in [-0.15, -0.1) is 0 Å². The number of nitrogens with zero attached hydrogens (tertiary/aromatic N) is 1. The largest absolute Gasteiger partial charge is 0.493 e. The van der Waals surface area contributed by atoms with E-state index in [2.05, 4.69) is 11.9 Å². The third-order valence-corrected chi connectivity index (χ3v) is 3.28. The van der Waals surface area contributed by atoms with Crippen LogP contribution in [-0.2, 0) is 13.0 Å². The molecule has 0 atom stereocenters. The Labute approximate surface area is 123 Å². The molecule has 0 saturated heterocycles. The van der Waals surface area contributed by atoms with E-state index in [4.69, 9.17) is 26.8 Å². The van der Waals surface area contributed by atoms with Crippen LogP contribution in [0.1, 0.15) is 18.2 Å². The quantitative estimate of drug-likeness (QED) is 0.915. The third kappa shape index (κ3) is 3.21. The number of hydrogen-bond donors (Lipinski definition) is 1. The van der Waals surface area contributed by atoms with Crippen LogP contribution in [0.25, 0.3) is 0 Å². The lowest BCUT2D eigenvalue weighted by molar-refractivity contribution is 0.373. The number of hydrogen-bond acceptors (Lipinski definition) is 4. The van der Waals surface area contributed by atoms with Crippen LogP contribution in [0.4, 0.5) is 0 Å². The van der Waals surface area contributed by atoms with Crippen LogP contribution >= 0.6 is 11.6 Å². The van der Waals surface area contributed by atoms with Crippen molar-refractivity contribution < 1.29 is 9.47 Å². The average Bonchev–Trinajstić information content (AvgIpc) is 2.49. The van der Waals surface area contributed by atoms with Gasteiger partial charge < -0.3 is 15.2 Å². The van der Waals surface area contributed by atoms with Crippen LogP contribution in [0.2, 0.25) is 5.02 Å². The maximum Gasteiger partial charge on any atom is 0.219 e. The Hall–Kier alpha value is -1.78. The van der Waals surface area contributed by atoms with Crippen molar-refractivity contribution in [3.63, 3.8) is 0 Å². The van der Waals surface area contributed by atoms with Gasteiger partial charge in [0.1, 0.15) is 0 Å². The summed E-state index contributed by atoms with van der Waals surface area (Å²) in [5, 5.41) is 0.535. The summed E-state index contributed by atoms with van der Waals surface area (Å²) in [6.07, 6.45) is 0.938. The second-order valence-corrected chi connectivity index (χ2v) is 4.63. The summed E-state index contributed by atoms with van der Waals surface area (Å²) < 4.78 is 11.1. The first-order chi connectivity index (χ1) is 9.67. The number of benzene rings is 1. The lowest BCUT2D eigenvalue weighted by Gasteiger charge is -2.11. The molecule has 2 rings (SSSR count). The number of pyridine rings is 1. The van der Waals surface area contributed by atoms with Gasteiger partial charge in [0.2, 0.25) is 5.88 Å². The van der Waals surface area contributed by atoms with Gasteiger partial charge in [-0.1, -0.05) is 24.6 Å². The molecular formula is C15H17ClN2O2. The van der Waals surface area contributed by atoms with E-state index in [1.165, 1.54) is 5.56 Å². The molecule has 4 nitrogen and oxygen atoms in total. The van der Waals surface area contributed by atoms with Crippen molar-refractivity contribution in [3.8, 4) is 17.4 Å². The Kier molecular flexibility index (Phi) is 4.82. The van der Waals surface area contributed by atoms with Crippen molar-refractivity contribution in [2.24, 2.45) is 5.73 Å². The first-order valence-electron chi connectivity index (χ1n) is 6.38. The van der Waals surface area contributed by atoms with Crippen LogP contribution in [0.15, 0.2) is 30.3 Å². The molecule has 0 radical (unpaired) electrons. The van der Waals surface area contributed by atoms with Crippen LogP contribution in [0.5, 0.6) is 17.4 Å². The molecule has 0 saturated carbocycles. The predicted molar refractivity (Wildman–Crippen MR) is 79.6 cm³/mol. The number of ether oxygens (including phenoxy) is 2. The highest BCUT2D eigenvalue weighted by Gasteiger charge is 2.09. The molecule has 1 heterocycles. The van der Waals surface area contributed by atoms with E-state index < -0.39 is 0 Å². The standard InChI is InChI=1S/C15H17ClN2O2/c1-3-10-4-6-13(14(8-10)19-2)20-15-7-5-11(16)12(9-17)18-15/h4-8H,3,9,17H2,1-2H3. The van der Waals surface area contributed by atoms with Crippen LogP contribution in [-0.4, -0.2) is 12.1 Å². The van der Waals surface area contributed by atoms with Gasteiger partial charge in [0, 0.05) is 12.6 Å². The van der Waals surface area contributed by atoms with E-state index >= 15 is 0 Å². The minimum atomic E-state index is 0.266. The summed E-state index contributed by atoms with van der Waals surface area (Å²) in [5.41, 5.74) is 7.37. The van der Waals surface area contributed by atoms with E-state index in [9.17, 15) is 0 Å². The molecule has 0 fully saturated rings. The Morgan fingerprint density at radius 2 is 2.00 bits per heavy atom. The highest BCUT2D eigenvalue weighted by molar-refractivity contribution is 6.31. The minimum Gasteiger partial charge on any atom is -0.493 e. The number of aromatic nitrogens is 1. The van der Waals surface area contributed by atoms with Crippen LogP contribution < -0.4 is 15.2 Å². The number of rotatable bonds is 5. The Bertz CT molecular complexity index is 602.